The number of carboxylic acid groups (broad SMARTS) is 2. The second-order valence-corrected chi connectivity index (χ2v) is 4.91. The Labute approximate surface area is 129 Å². The molecule has 5 unspecified atom stereocenters. The zero-order valence-corrected chi connectivity index (χ0v) is 11.6. The fourth-order valence-electron chi connectivity index (χ4n) is 2.09. The molecule has 10 nitrogen and oxygen atoms in total. The van der Waals surface area contributed by atoms with Crippen molar-refractivity contribution in [1.82, 2.24) is 0 Å². The summed E-state index contributed by atoms with van der Waals surface area (Å²) in [5, 5.41) is 47.1. The van der Waals surface area contributed by atoms with Crippen LogP contribution < -0.4 is 10.5 Å². The lowest BCUT2D eigenvalue weighted by Crippen LogP contribution is -2.61. The summed E-state index contributed by atoms with van der Waals surface area (Å²) in [4.78, 5) is 22.1. The van der Waals surface area contributed by atoms with Crippen LogP contribution in [0.15, 0.2) is 18.2 Å². The average Bonchev–Trinajstić information content (AvgIpc) is 2.47. The summed E-state index contributed by atoms with van der Waals surface area (Å²) in [7, 11) is 0. The number of nitrogen functional groups attached to an aromatic ring is 1. The number of aliphatic carboxylic acids is 1. The molecule has 7 N–H and O–H groups in total. The van der Waals surface area contributed by atoms with Gasteiger partial charge in [0.2, 0.25) is 6.29 Å². The molecule has 1 fully saturated rings. The predicted octanol–water partition coefficient (Wildman–Crippen LogP) is -1.76. The molecule has 1 saturated heterocycles. The van der Waals surface area contributed by atoms with Gasteiger partial charge in [-0.25, -0.2) is 9.59 Å². The molecule has 1 heterocycles. The van der Waals surface area contributed by atoms with Crippen molar-refractivity contribution in [3.8, 4) is 5.75 Å². The van der Waals surface area contributed by atoms with Crippen molar-refractivity contribution in [2.75, 3.05) is 5.73 Å². The molecule has 0 aliphatic carbocycles. The van der Waals surface area contributed by atoms with E-state index >= 15 is 0 Å². The summed E-state index contributed by atoms with van der Waals surface area (Å²) >= 11 is 0. The minimum absolute atomic E-state index is 0.158. The van der Waals surface area contributed by atoms with E-state index in [1.54, 1.807) is 0 Å². The summed E-state index contributed by atoms with van der Waals surface area (Å²) < 4.78 is 10.1. The van der Waals surface area contributed by atoms with Crippen LogP contribution >= 0.6 is 0 Å². The van der Waals surface area contributed by atoms with E-state index in [1.165, 1.54) is 6.07 Å². The number of carboxylic acids is 2. The van der Waals surface area contributed by atoms with Crippen LogP contribution in [0, 0.1) is 0 Å². The molecule has 1 aromatic carbocycles. The first kappa shape index (κ1) is 17.0. The van der Waals surface area contributed by atoms with Gasteiger partial charge in [0.05, 0.1) is 0 Å². The molecular formula is C13H15NO9. The Morgan fingerprint density at radius 1 is 1.09 bits per heavy atom. The first-order chi connectivity index (χ1) is 10.7. The van der Waals surface area contributed by atoms with Crippen LogP contribution in [0.3, 0.4) is 0 Å². The van der Waals surface area contributed by atoms with Gasteiger partial charge in [-0.1, -0.05) is 0 Å². The van der Waals surface area contributed by atoms with Crippen LogP contribution in [0.5, 0.6) is 5.75 Å². The van der Waals surface area contributed by atoms with Crippen LogP contribution in [0.1, 0.15) is 10.4 Å². The predicted molar refractivity (Wildman–Crippen MR) is 72.8 cm³/mol. The maximum absolute atomic E-state index is 11.1. The van der Waals surface area contributed by atoms with E-state index in [0.717, 1.165) is 12.1 Å². The number of nitrogens with two attached hydrogens (primary N) is 1. The van der Waals surface area contributed by atoms with Crippen molar-refractivity contribution in [2.24, 2.45) is 0 Å². The van der Waals surface area contributed by atoms with E-state index in [4.69, 9.17) is 25.4 Å². The Morgan fingerprint density at radius 3 is 2.30 bits per heavy atom. The molecule has 10 heteroatoms. The number of aliphatic hydroxyl groups excluding tert-OH is 3. The van der Waals surface area contributed by atoms with Crippen LogP contribution in [0.4, 0.5) is 5.69 Å². The summed E-state index contributed by atoms with van der Waals surface area (Å²) in [6.07, 6.45) is -9.10. The van der Waals surface area contributed by atoms with Gasteiger partial charge in [-0.2, -0.15) is 0 Å². The molecule has 2 rings (SSSR count). The van der Waals surface area contributed by atoms with Gasteiger partial charge in [0, 0.05) is 11.8 Å². The third-order valence-corrected chi connectivity index (χ3v) is 3.29. The first-order valence-corrected chi connectivity index (χ1v) is 6.44. The third kappa shape index (κ3) is 3.35. The van der Waals surface area contributed by atoms with Gasteiger partial charge in [-0.3, -0.25) is 0 Å². The Morgan fingerprint density at radius 2 is 1.74 bits per heavy atom. The Kier molecular flexibility index (Phi) is 4.71. The van der Waals surface area contributed by atoms with Gasteiger partial charge in [0.15, 0.2) is 6.10 Å². The quantitative estimate of drug-likeness (QED) is 0.346. The Bertz CT molecular complexity index is 619. The van der Waals surface area contributed by atoms with Gasteiger partial charge < -0.3 is 40.7 Å². The maximum Gasteiger partial charge on any atom is 0.339 e. The zero-order valence-electron chi connectivity index (χ0n) is 11.6. The second-order valence-electron chi connectivity index (χ2n) is 4.91. The molecule has 126 valence electrons. The third-order valence-electron chi connectivity index (χ3n) is 3.29. The standard InChI is InChI=1S/C13H15NO9/c14-4-1-2-5(11(18)19)6(3-4)22-13-9(17)7(15)8(16)10(23-13)12(20)21/h1-3,7-10,13,15-17H,14H2,(H,18,19)(H,20,21). The fourth-order valence-corrected chi connectivity index (χ4v) is 2.09. The number of anilines is 1. The minimum atomic E-state index is -1.87. The molecule has 0 bridgehead atoms. The molecule has 1 aromatic rings. The van der Waals surface area contributed by atoms with Crippen molar-refractivity contribution in [3.63, 3.8) is 0 Å². The molecule has 0 amide bonds. The van der Waals surface area contributed by atoms with Crippen LogP contribution in [0.25, 0.3) is 0 Å². The van der Waals surface area contributed by atoms with Gasteiger partial charge in [0.25, 0.3) is 0 Å². The molecular weight excluding hydrogens is 314 g/mol. The molecule has 0 radical (unpaired) electrons. The van der Waals surface area contributed by atoms with E-state index in [2.05, 4.69) is 0 Å². The largest absolute Gasteiger partial charge is 0.479 e. The Balaban J connectivity index is 2.30. The first-order valence-electron chi connectivity index (χ1n) is 6.44. The lowest BCUT2D eigenvalue weighted by molar-refractivity contribution is -0.271. The van der Waals surface area contributed by atoms with Crippen LogP contribution in [-0.4, -0.2) is 68.2 Å². The molecule has 1 aliphatic rings. The average molecular weight is 329 g/mol. The van der Waals surface area contributed by atoms with Gasteiger partial charge in [-0.15, -0.1) is 0 Å². The number of hydrogen-bond acceptors (Lipinski definition) is 8. The number of benzene rings is 1. The summed E-state index contributed by atoms with van der Waals surface area (Å²) in [5.41, 5.74) is 5.39. The number of aliphatic hydroxyl groups is 3. The lowest BCUT2D eigenvalue weighted by atomic mass is 9.99. The highest BCUT2D eigenvalue weighted by molar-refractivity contribution is 5.91. The molecule has 0 spiro atoms. The second kappa shape index (κ2) is 6.38. The molecule has 1 aliphatic heterocycles. The molecule has 5 atom stereocenters. The number of hydrogen-bond donors (Lipinski definition) is 6. The summed E-state index contributed by atoms with van der Waals surface area (Å²) in [6, 6.07) is 3.61. The highest BCUT2D eigenvalue weighted by atomic mass is 16.7. The van der Waals surface area contributed by atoms with Crippen molar-refractivity contribution < 1.29 is 44.6 Å². The van der Waals surface area contributed by atoms with Crippen molar-refractivity contribution in [3.05, 3.63) is 23.8 Å². The molecule has 0 aromatic heterocycles. The number of aromatic carboxylic acids is 1. The van der Waals surface area contributed by atoms with Crippen LogP contribution in [-0.2, 0) is 9.53 Å². The Hall–Kier alpha value is -2.40. The van der Waals surface area contributed by atoms with E-state index in [-0.39, 0.29) is 17.0 Å². The molecule has 0 saturated carbocycles. The van der Waals surface area contributed by atoms with E-state index in [1.807, 2.05) is 0 Å². The zero-order chi connectivity index (χ0) is 17.3. The van der Waals surface area contributed by atoms with Gasteiger partial charge >= 0.3 is 11.9 Å². The highest BCUT2D eigenvalue weighted by Crippen LogP contribution is 2.28. The number of rotatable bonds is 4. The highest BCUT2D eigenvalue weighted by Gasteiger charge is 2.48. The monoisotopic (exact) mass is 329 g/mol. The number of carbonyl (C=O) groups is 2. The summed E-state index contributed by atoms with van der Waals surface area (Å²) in [6.45, 7) is 0. The maximum atomic E-state index is 11.1. The van der Waals surface area contributed by atoms with Crippen molar-refractivity contribution >= 4 is 17.6 Å². The molecule has 23 heavy (non-hydrogen) atoms. The fraction of sp³-hybridized carbons (Fsp3) is 0.385. The van der Waals surface area contributed by atoms with Crippen molar-refractivity contribution in [2.45, 2.75) is 30.7 Å². The van der Waals surface area contributed by atoms with Gasteiger partial charge in [-0.05, 0) is 12.1 Å². The number of ether oxygens (including phenoxy) is 2. The van der Waals surface area contributed by atoms with Gasteiger partial charge in [0.1, 0.15) is 29.6 Å². The minimum Gasteiger partial charge on any atom is -0.479 e. The van der Waals surface area contributed by atoms with Crippen LogP contribution in [0.2, 0.25) is 0 Å². The topological polar surface area (TPSA) is 180 Å². The smallest absolute Gasteiger partial charge is 0.339 e. The normalized spacial score (nSPS) is 30.7. The lowest BCUT2D eigenvalue weighted by Gasteiger charge is -2.38. The SMILES string of the molecule is Nc1ccc(C(=O)O)c(OC2OC(C(=O)O)C(O)C(O)C2O)c1. The van der Waals surface area contributed by atoms with Crippen molar-refractivity contribution in [1.29, 1.82) is 0 Å². The summed E-state index contributed by atoms with van der Waals surface area (Å²) in [5.74, 6) is -3.21. The van der Waals surface area contributed by atoms with E-state index in [0.29, 0.717) is 0 Å². The van der Waals surface area contributed by atoms with E-state index in [9.17, 15) is 24.9 Å². The van der Waals surface area contributed by atoms with E-state index < -0.39 is 42.6 Å².